The van der Waals surface area contributed by atoms with E-state index >= 15 is 0 Å². The summed E-state index contributed by atoms with van der Waals surface area (Å²) in [7, 11) is -2.64. The van der Waals surface area contributed by atoms with Gasteiger partial charge in [0.2, 0.25) is 0 Å². The lowest BCUT2D eigenvalue weighted by Gasteiger charge is -2.06. The van der Waals surface area contributed by atoms with Crippen molar-refractivity contribution in [1.82, 2.24) is 0 Å². The van der Waals surface area contributed by atoms with Gasteiger partial charge in [-0.15, -0.1) is 0 Å². The summed E-state index contributed by atoms with van der Waals surface area (Å²) >= 11 is 6.05. The van der Waals surface area contributed by atoms with Crippen LogP contribution >= 0.6 is 11.6 Å². The Morgan fingerprint density at radius 2 is 1.81 bits per heavy atom. The monoisotopic (exact) mass is 256 g/mol. The second-order valence-electron chi connectivity index (χ2n) is 3.22. The standard InChI is InChI=1S/C11H9ClO3S/c1-15-16(13,14)10-7-6-8-4-2-3-5-9(8)11(10)12/h2-7H,1H3. The maximum atomic E-state index is 11.6. The molecule has 5 heteroatoms. The fourth-order valence-electron chi connectivity index (χ4n) is 1.50. The molecule has 0 saturated heterocycles. The molecule has 0 heterocycles. The van der Waals surface area contributed by atoms with Crippen molar-refractivity contribution in [1.29, 1.82) is 0 Å². The summed E-state index contributed by atoms with van der Waals surface area (Å²) in [6.45, 7) is 0. The quantitative estimate of drug-likeness (QED) is 0.776. The first kappa shape index (κ1) is 11.4. The maximum absolute atomic E-state index is 11.6. The number of hydrogen-bond donors (Lipinski definition) is 0. The van der Waals surface area contributed by atoms with Crippen molar-refractivity contribution in [2.75, 3.05) is 7.11 Å². The van der Waals surface area contributed by atoms with E-state index in [4.69, 9.17) is 11.6 Å². The van der Waals surface area contributed by atoms with Gasteiger partial charge in [-0.3, -0.25) is 4.18 Å². The van der Waals surface area contributed by atoms with Crippen molar-refractivity contribution in [3.05, 3.63) is 41.4 Å². The van der Waals surface area contributed by atoms with Crippen LogP contribution in [0.3, 0.4) is 0 Å². The van der Waals surface area contributed by atoms with Crippen LogP contribution in [0, 0.1) is 0 Å². The van der Waals surface area contributed by atoms with Crippen LogP contribution in [0.15, 0.2) is 41.3 Å². The van der Waals surface area contributed by atoms with Gasteiger partial charge in [0.15, 0.2) is 0 Å². The van der Waals surface area contributed by atoms with Crippen molar-refractivity contribution >= 4 is 32.5 Å². The first-order chi connectivity index (χ1) is 7.56. The molecule has 16 heavy (non-hydrogen) atoms. The molecule has 2 rings (SSSR count). The highest BCUT2D eigenvalue weighted by molar-refractivity contribution is 7.86. The molecule has 0 fully saturated rings. The maximum Gasteiger partial charge on any atom is 0.298 e. The molecular weight excluding hydrogens is 248 g/mol. The molecule has 0 aliphatic carbocycles. The van der Waals surface area contributed by atoms with Gasteiger partial charge in [0.05, 0.1) is 12.1 Å². The van der Waals surface area contributed by atoms with Crippen LogP contribution in [0.1, 0.15) is 0 Å². The van der Waals surface area contributed by atoms with Gasteiger partial charge in [-0.1, -0.05) is 41.9 Å². The summed E-state index contributed by atoms with van der Waals surface area (Å²) in [5, 5.41) is 1.78. The highest BCUT2D eigenvalue weighted by atomic mass is 35.5. The fraction of sp³-hybridized carbons (Fsp3) is 0.0909. The molecule has 0 N–H and O–H groups in total. The molecule has 84 valence electrons. The zero-order valence-corrected chi connectivity index (χ0v) is 10.0. The molecule has 2 aromatic carbocycles. The number of hydrogen-bond acceptors (Lipinski definition) is 3. The van der Waals surface area contributed by atoms with E-state index in [1.54, 1.807) is 18.2 Å². The van der Waals surface area contributed by atoms with Crippen molar-refractivity contribution in [3.8, 4) is 0 Å². The molecule has 0 radical (unpaired) electrons. The van der Waals surface area contributed by atoms with Gasteiger partial charge >= 0.3 is 0 Å². The van der Waals surface area contributed by atoms with Crippen LogP contribution in [-0.2, 0) is 14.3 Å². The minimum Gasteiger partial charge on any atom is -0.270 e. The van der Waals surface area contributed by atoms with Gasteiger partial charge in [0, 0.05) is 5.39 Å². The molecule has 0 saturated carbocycles. The van der Waals surface area contributed by atoms with Crippen LogP contribution in [0.2, 0.25) is 5.02 Å². The molecule has 0 atom stereocenters. The molecule has 0 bridgehead atoms. The van der Waals surface area contributed by atoms with E-state index in [0.29, 0.717) is 5.39 Å². The van der Waals surface area contributed by atoms with Crippen LogP contribution in [-0.4, -0.2) is 15.5 Å². The first-order valence-electron chi connectivity index (χ1n) is 4.54. The summed E-state index contributed by atoms with van der Waals surface area (Å²) in [6, 6.07) is 10.5. The van der Waals surface area contributed by atoms with E-state index in [0.717, 1.165) is 12.5 Å². The van der Waals surface area contributed by atoms with E-state index in [9.17, 15) is 8.42 Å². The van der Waals surface area contributed by atoms with Gasteiger partial charge < -0.3 is 0 Å². The largest absolute Gasteiger partial charge is 0.298 e. The Morgan fingerprint density at radius 1 is 1.12 bits per heavy atom. The highest BCUT2D eigenvalue weighted by Gasteiger charge is 2.18. The second-order valence-corrected chi connectivity index (χ2v) is 5.28. The molecule has 0 aliphatic heterocycles. The van der Waals surface area contributed by atoms with E-state index in [1.165, 1.54) is 6.07 Å². The predicted octanol–water partition coefficient (Wildman–Crippen LogP) is 2.83. The lowest BCUT2D eigenvalue weighted by Crippen LogP contribution is -2.03. The zero-order chi connectivity index (χ0) is 11.8. The van der Waals surface area contributed by atoms with Crippen LogP contribution < -0.4 is 0 Å². The van der Waals surface area contributed by atoms with Crippen molar-refractivity contribution in [3.63, 3.8) is 0 Å². The Bertz CT molecular complexity index is 635. The minimum absolute atomic E-state index is 0.00429. The molecule has 2 aromatic rings. The number of halogens is 1. The number of fused-ring (bicyclic) bond motifs is 1. The van der Waals surface area contributed by atoms with Crippen LogP contribution in [0.4, 0.5) is 0 Å². The molecular formula is C11H9ClO3S. The average molecular weight is 257 g/mol. The summed E-state index contributed by atoms with van der Waals surface area (Å²) in [4.78, 5) is -0.00429. The summed E-state index contributed by atoms with van der Waals surface area (Å²) < 4.78 is 27.6. The fourth-order valence-corrected chi connectivity index (χ4v) is 2.76. The van der Waals surface area contributed by atoms with Gasteiger partial charge in [-0.05, 0) is 11.5 Å². The predicted molar refractivity (Wildman–Crippen MR) is 63.2 cm³/mol. The Morgan fingerprint density at radius 3 is 2.50 bits per heavy atom. The Balaban J connectivity index is 2.80. The lowest BCUT2D eigenvalue weighted by molar-refractivity contribution is 0.398. The van der Waals surface area contributed by atoms with Crippen molar-refractivity contribution in [2.45, 2.75) is 4.90 Å². The third-order valence-corrected chi connectivity index (χ3v) is 4.15. The van der Waals surface area contributed by atoms with Crippen molar-refractivity contribution < 1.29 is 12.6 Å². The Hall–Kier alpha value is -1.10. The molecule has 3 nitrogen and oxygen atoms in total. The van der Waals surface area contributed by atoms with Gasteiger partial charge in [-0.25, -0.2) is 0 Å². The van der Waals surface area contributed by atoms with Gasteiger partial charge in [0.1, 0.15) is 4.90 Å². The number of benzene rings is 2. The third-order valence-electron chi connectivity index (χ3n) is 2.32. The highest BCUT2D eigenvalue weighted by Crippen LogP contribution is 2.30. The average Bonchev–Trinajstić information content (AvgIpc) is 2.29. The van der Waals surface area contributed by atoms with E-state index in [2.05, 4.69) is 4.18 Å². The second kappa shape index (κ2) is 4.05. The Labute approximate surface area is 98.7 Å². The first-order valence-corrected chi connectivity index (χ1v) is 6.33. The SMILES string of the molecule is COS(=O)(=O)c1ccc2ccccc2c1Cl. The molecule has 0 aromatic heterocycles. The van der Waals surface area contributed by atoms with E-state index < -0.39 is 10.1 Å². The Kier molecular flexibility index (Phi) is 2.88. The molecule has 0 unspecified atom stereocenters. The van der Waals surface area contributed by atoms with Crippen molar-refractivity contribution in [2.24, 2.45) is 0 Å². The van der Waals surface area contributed by atoms with E-state index in [1.807, 2.05) is 12.1 Å². The number of rotatable bonds is 2. The molecule has 0 aliphatic rings. The lowest BCUT2D eigenvalue weighted by atomic mass is 10.1. The molecule has 0 amide bonds. The zero-order valence-electron chi connectivity index (χ0n) is 8.48. The summed E-state index contributed by atoms with van der Waals surface area (Å²) in [5.41, 5.74) is 0. The van der Waals surface area contributed by atoms with Crippen LogP contribution in [0.5, 0.6) is 0 Å². The van der Waals surface area contributed by atoms with E-state index in [-0.39, 0.29) is 9.92 Å². The summed E-state index contributed by atoms with van der Waals surface area (Å²) in [6.07, 6.45) is 0. The smallest absolute Gasteiger partial charge is 0.270 e. The molecule has 0 spiro atoms. The van der Waals surface area contributed by atoms with Gasteiger partial charge in [-0.2, -0.15) is 8.42 Å². The third kappa shape index (κ3) is 1.80. The topological polar surface area (TPSA) is 43.4 Å². The summed E-state index contributed by atoms with van der Waals surface area (Å²) in [5.74, 6) is 0. The van der Waals surface area contributed by atoms with Gasteiger partial charge in [0.25, 0.3) is 10.1 Å². The van der Waals surface area contributed by atoms with Crippen LogP contribution in [0.25, 0.3) is 10.8 Å². The minimum atomic E-state index is -3.75. The normalized spacial score (nSPS) is 11.9.